The van der Waals surface area contributed by atoms with Crippen molar-refractivity contribution in [3.05, 3.63) is 72.7 Å². The standard InChI is InChI=1S/C25H25N3O6/c1-32-20-10-2-3-11-21(20)34-16-23(29)26-17-7-4-8-18(15-17)27-24(30)19-9-5-13-28(19)25(31)22-12-6-14-33-22/h2-4,6-8,10-12,14-15,19H,5,9,13,16H2,1H3,(H,26,29)(H,27,30). The van der Waals surface area contributed by atoms with Crippen LogP contribution in [0.4, 0.5) is 11.4 Å². The Morgan fingerprint density at radius 3 is 2.50 bits per heavy atom. The minimum atomic E-state index is -0.592. The van der Waals surface area contributed by atoms with Crippen LogP contribution in [-0.2, 0) is 9.59 Å². The summed E-state index contributed by atoms with van der Waals surface area (Å²) >= 11 is 0. The van der Waals surface area contributed by atoms with Crippen LogP contribution in [0, 0.1) is 0 Å². The lowest BCUT2D eigenvalue weighted by Crippen LogP contribution is -2.43. The molecule has 9 heteroatoms. The number of para-hydroxylation sites is 2. The van der Waals surface area contributed by atoms with Gasteiger partial charge in [-0.3, -0.25) is 14.4 Å². The van der Waals surface area contributed by atoms with Crippen LogP contribution in [0.2, 0.25) is 0 Å². The highest BCUT2D eigenvalue weighted by atomic mass is 16.5. The number of nitrogens with one attached hydrogen (secondary N) is 2. The van der Waals surface area contributed by atoms with E-state index >= 15 is 0 Å². The molecule has 4 rings (SSSR count). The maximum absolute atomic E-state index is 12.9. The number of hydrogen-bond donors (Lipinski definition) is 2. The van der Waals surface area contributed by atoms with Crippen LogP contribution in [0.5, 0.6) is 11.5 Å². The van der Waals surface area contributed by atoms with Gasteiger partial charge in [-0.05, 0) is 55.3 Å². The molecule has 1 atom stereocenters. The molecule has 176 valence electrons. The normalized spacial score (nSPS) is 15.0. The highest BCUT2D eigenvalue weighted by molar-refractivity contribution is 6.01. The Balaban J connectivity index is 1.34. The van der Waals surface area contributed by atoms with Gasteiger partial charge in [-0.15, -0.1) is 0 Å². The van der Waals surface area contributed by atoms with Gasteiger partial charge in [-0.1, -0.05) is 18.2 Å². The van der Waals surface area contributed by atoms with Crippen molar-refractivity contribution in [1.29, 1.82) is 0 Å². The van der Waals surface area contributed by atoms with Gasteiger partial charge in [0.1, 0.15) is 6.04 Å². The van der Waals surface area contributed by atoms with Gasteiger partial charge in [0.25, 0.3) is 11.8 Å². The summed E-state index contributed by atoms with van der Waals surface area (Å²) in [7, 11) is 1.53. The topological polar surface area (TPSA) is 110 Å². The Morgan fingerprint density at radius 2 is 1.76 bits per heavy atom. The molecule has 0 radical (unpaired) electrons. The zero-order chi connectivity index (χ0) is 23.9. The fourth-order valence-corrected chi connectivity index (χ4v) is 3.80. The Labute approximate surface area is 196 Å². The summed E-state index contributed by atoms with van der Waals surface area (Å²) in [5.74, 6) is 0.247. The third-order valence-corrected chi connectivity index (χ3v) is 5.39. The van der Waals surface area contributed by atoms with Crippen molar-refractivity contribution in [2.75, 3.05) is 30.9 Å². The Hall–Kier alpha value is -4.27. The number of rotatable bonds is 8. The summed E-state index contributed by atoms with van der Waals surface area (Å²) < 4.78 is 15.9. The minimum Gasteiger partial charge on any atom is -0.493 e. The molecule has 1 fully saturated rings. The summed E-state index contributed by atoms with van der Waals surface area (Å²) in [6.45, 7) is 0.281. The fraction of sp³-hybridized carbons (Fsp3) is 0.240. The monoisotopic (exact) mass is 463 g/mol. The van der Waals surface area contributed by atoms with Crippen molar-refractivity contribution in [2.45, 2.75) is 18.9 Å². The Kier molecular flexibility index (Phi) is 7.12. The van der Waals surface area contributed by atoms with Crippen LogP contribution in [-0.4, -0.2) is 48.9 Å². The van der Waals surface area contributed by atoms with E-state index < -0.39 is 6.04 Å². The van der Waals surface area contributed by atoms with E-state index in [1.807, 2.05) is 6.07 Å². The van der Waals surface area contributed by atoms with E-state index in [1.54, 1.807) is 54.6 Å². The molecule has 2 aromatic carbocycles. The van der Waals surface area contributed by atoms with E-state index in [0.717, 1.165) is 6.42 Å². The van der Waals surface area contributed by atoms with Crippen LogP contribution in [0.25, 0.3) is 0 Å². The van der Waals surface area contributed by atoms with Crippen molar-refractivity contribution in [2.24, 2.45) is 0 Å². The minimum absolute atomic E-state index is 0.205. The second-order valence-electron chi connectivity index (χ2n) is 7.69. The molecule has 1 aromatic heterocycles. The lowest BCUT2D eigenvalue weighted by Gasteiger charge is -2.23. The van der Waals surface area contributed by atoms with Crippen LogP contribution >= 0.6 is 0 Å². The number of anilines is 2. The predicted molar refractivity (Wildman–Crippen MR) is 125 cm³/mol. The van der Waals surface area contributed by atoms with Gasteiger partial charge in [0.15, 0.2) is 23.9 Å². The number of hydrogen-bond acceptors (Lipinski definition) is 6. The fourth-order valence-electron chi connectivity index (χ4n) is 3.80. The number of ether oxygens (including phenoxy) is 2. The molecular formula is C25H25N3O6. The smallest absolute Gasteiger partial charge is 0.290 e. The Morgan fingerprint density at radius 1 is 1.00 bits per heavy atom. The lowest BCUT2D eigenvalue weighted by molar-refractivity contribution is -0.120. The average Bonchev–Trinajstić information content (AvgIpc) is 3.55. The number of carbonyl (C=O) groups excluding carboxylic acids is 3. The van der Waals surface area contributed by atoms with Gasteiger partial charge in [0.05, 0.1) is 13.4 Å². The maximum Gasteiger partial charge on any atom is 0.290 e. The number of benzene rings is 2. The first-order chi connectivity index (χ1) is 16.5. The van der Waals surface area contributed by atoms with Gasteiger partial charge in [0, 0.05) is 17.9 Å². The maximum atomic E-state index is 12.9. The number of carbonyl (C=O) groups is 3. The molecule has 0 aliphatic carbocycles. The van der Waals surface area contributed by atoms with Crippen molar-refractivity contribution in [3.8, 4) is 11.5 Å². The van der Waals surface area contributed by atoms with Crippen LogP contribution < -0.4 is 20.1 Å². The summed E-state index contributed by atoms with van der Waals surface area (Å²) in [4.78, 5) is 39.4. The van der Waals surface area contributed by atoms with Crippen molar-refractivity contribution < 1.29 is 28.3 Å². The van der Waals surface area contributed by atoms with Crippen molar-refractivity contribution in [3.63, 3.8) is 0 Å². The number of nitrogens with zero attached hydrogens (tertiary/aromatic N) is 1. The molecular weight excluding hydrogens is 438 g/mol. The van der Waals surface area contributed by atoms with Crippen LogP contribution in [0.15, 0.2) is 71.3 Å². The van der Waals surface area contributed by atoms with E-state index in [1.165, 1.54) is 18.3 Å². The molecule has 34 heavy (non-hydrogen) atoms. The third kappa shape index (κ3) is 5.37. The summed E-state index contributed by atoms with van der Waals surface area (Å²) in [5.41, 5.74) is 1.01. The van der Waals surface area contributed by atoms with Gasteiger partial charge in [-0.2, -0.15) is 0 Å². The van der Waals surface area contributed by atoms with Gasteiger partial charge in [0.2, 0.25) is 5.91 Å². The quantitative estimate of drug-likeness (QED) is 0.529. The molecule has 2 N–H and O–H groups in total. The third-order valence-electron chi connectivity index (χ3n) is 5.39. The predicted octanol–water partition coefficient (Wildman–Crippen LogP) is 3.55. The average molecular weight is 463 g/mol. The molecule has 3 aromatic rings. The van der Waals surface area contributed by atoms with Crippen LogP contribution in [0.1, 0.15) is 23.4 Å². The number of amides is 3. The van der Waals surface area contributed by atoms with E-state index in [0.29, 0.717) is 35.8 Å². The molecule has 1 unspecified atom stereocenters. The zero-order valence-corrected chi connectivity index (χ0v) is 18.7. The highest BCUT2D eigenvalue weighted by Gasteiger charge is 2.35. The Bertz CT molecular complexity index is 1160. The second kappa shape index (κ2) is 10.6. The first-order valence-corrected chi connectivity index (χ1v) is 10.9. The molecule has 9 nitrogen and oxygen atoms in total. The van der Waals surface area contributed by atoms with Gasteiger partial charge in [-0.25, -0.2) is 0 Å². The van der Waals surface area contributed by atoms with E-state index in [4.69, 9.17) is 13.9 Å². The largest absolute Gasteiger partial charge is 0.493 e. The second-order valence-corrected chi connectivity index (χ2v) is 7.69. The SMILES string of the molecule is COc1ccccc1OCC(=O)Nc1cccc(NC(=O)C2CCCN2C(=O)c2ccco2)c1. The summed E-state index contributed by atoms with van der Waals surface area (Å²) in [5, 5.41) is 5.58. The number of likely N-dealkylation sites (tertiary alicyclic amines) is 1. The summed E-state index contributed by atoms with van der Waals surface area (Å²) in [6.07, 6.45) is 2.72. The molecule has 0 saturated carbocycles. The highest BCUT2D eigenvalue weighted by Crippen LogP contribution is 2.26. The molecule has 1 aliphatic rings. The first-order valence-electron chi connectivity index (χ1n) is 10.9. The van der Waals surface area contributed by atoms with E-state index in [-0.39, 0.29) is 30.1 Å². The summed E-state index contributed by atoms with van der Waals surface area (Å²) in [6, 6.07) is 16.5. The molecule has 0 bridgehead atoms. The lowest BCUT2D eigenvalue weighted by atomic mass is 10.2. The molecule has 1 aliphatic heterocycles. The number of furan rings is 1. The zero-order valence-electron chi connectivity index (χ0n) is 18.7. The van der Waals surface area contributed by atoms with Crippen molar-refractivity contribution in [1.82, 2.24) is 4.90 Å². The van der Waals surface area contributed by atoms with Gasteiger partial charge < -0.3 is 29.4 Å². The van der Waals surface area contributed by atoms with E-state index in [2.05, 4.69) is 10.6 Å². The first kappa shape index (κ1) is 22.9. The number of methoxy groups -OCH3 is 1. The van der Waals surface area contributed by atoms with Crippen LogP contribution in [0.3, 0.4) is 0 Å². The van der Waals surface area contributed by atoms with Gasteiger partial charge >= 0.3 is 0 Å². The molecule has 0 spiro atoms. The van der Waals surface area contributed by atoms with Crippen molar-refractivity contribution >= 4 is 29.1 Å². The molecule has 3 amide bonds. The van der Waals surface area contributed by atoms with E-state index in [9.17, 15) is 14.4 Å². The molecule has 2 heterocycles. The molecule has 1 saturated heterocycles.